The van der Waals surface area contributed by atoms with E-state index in [1.807, 2.05) is 43.5 Å². The van der Waals surface area contributed by atoms with Gasteiger partial charge in [0, 0.05) is 0 Å². The molecule has 0 saturated heterocycles. The highest BCUT2D eigenvalue weighted by atomic mass is 16.3. The summed E-state index contributed by atoms with van der Waals surface area (Å²) < 4.78 is 7.31. The normalized spacial score (nSPS) is 11.2. The van der Waals surface area contributed by atoms with Crippen LogP contribution < -0.4 is 0 Å². The van der Waals surface area contributed by atoms with Crippen LogP contribution in [0, 0.1) is 20.8 Å². The quantitative estimate of drug-likeness (QED) is 0.642. The van der Waals surface area contributed by atoms with Gasteiger partial charge in [0.2, 0.25) is 0 Å². The predicted molar refractivity (Wildman–Crippen MR) is 64.9 cm³/mol. The molecule has 0 aliphatic heterocycles. The lowest BCUT2D eigenvalue weighted by Gasteiger charge is -2.02. The lowest BCUT2D eigenvalue weighted by atomic mass is 10.3. The molecule has 0 aromatic carbocycles. The second-order valence-electron chi connectivity index (χ2n) is 4.23. The molecule has 3 rings (SSSR count). The highest BCUT2D eigenvalue weighted by molar-refractivity contribution is 5.63. The van der Waals surface area contributed by atoms with Gasteiger partial charge in [-0.3, -0.25) is 0 Å². The zero-order valence-electron chi connectivity index (χ0n) is 10.1. The van der Waals surface area contributed by atoms with Crippen LogP contribution in [0.25, 0.3) is 17.1 Å². The molecule has 0 aliphatic rings. The van der Waals surface area contributed by atoms with E-state index in [2.05, 4.69) is 10.1 Å². The molecular formula is C13H13N3O. The first kappa shape index (κ1) is 10.1. The minimum Gasteiger partial charge on any atom is -0.463 e. The molecule has 86 valence electrons. The van der Waals surface area contributed by atoms with Gasteiger partial charge < -0.3 is 4.42 Å². The molecule has 0 atom stereocenters. The Morgan fingerprint density at radius 1 is 1.24 bits per heavy atom. The molecule has 3 aromatic rings. The SMILES string of the molecule is Cc1cc(C)c2nc(C)c(-c3ccco3)n2n1. The molecule has 0 unspecified atom stereocenters. The fourth-order valence-electron chi connectivity index (χ4n) is 2.13. The molecule has 0 spiro atoms. The second kappa shape index (κ2) is 3.45. The van der Waals surface area contributed by atoms with Gasteiger partial charge in [-0.25, -0.2) is 9.50 Å². The molecule has 3 heterocycles. The Morgan fingerprint density at radius 2 is 2.06 bits per heavy atom. The van der Waals surface area contributed by atoms with Crippen molar-refractivity contribution in [3.63, 3.8) is 0 Å². The van der Waals surface area contributed by atoms with E-state index >= 15 is 0 Å². The fraction of sp³-hybridized carbons (Fsp3) is 0.231. The summed E-state index contributed by atoms with van der Waals surface area (Å²) in [4.78, 5) is 4.55. The minimum absolute atomic E-state index is 0.799. The number of aromatic nitrogens is 3. The van der Waals surface area contributed by atoms with E-state index in [4.69, 9.17) is 4.42 Å². The summed E-state index contributed by atoms with van der Waals surface area (Å²) in [5.41, 5.74) is 4.84. The molecule has 0 saturated carbocycles. The maximum atomic E-state index is 5.45. The zero-order chi connectivity index (χ0) is 12.0. The highest BCUT2D eigenvalue weighted by Crippen LogP contribution is 2.25. The van der Waals surface area contributed by atoms with E-state index < -0.39 is 0 Å². The van der Waals surface area contributed by atoms with Gasteiger partial charge in [0.15, 0.2) is 11.4 Å². The third-order valence-electron chi connectivity index (χ3n) is 2.82. The monoisotopic (exact) mass is 227 g/mol. The average Bonchev–Trinajstić information content (AvgIpc) is 2.84. The Kier molecular flexibility index (Phi) is 2.04. The maximum absolute atomic E-state index is 5.45. The molecule has 0 radical (unpaired) electrons. The molecule has 0 fully saturated rings. The summed E-state index contributed by atoms with van der Waals surface area (Å²) in [6.45, 7) is 6.00. The van der Waals surface area contributed by atoms with E-state index in [0.717, 1.165) is 34.1 Å². The van der Waals surface area contributed by atoms with Crippen molar-refractivity contribution in [2.75, 3.05) is 0 Å². The third kappa shape index (κ3) is 1.45. The minimum atomic E-state index is 0.799. The molecule has 0 aliphatic carbocycles. The van der Waals surface area contributed by atoms with Crippen molar-refractivity contribution >= 4 is 5.65 Å². The van der Waals surface area contributed by atoms with Crippen molar-refractivity contribution in [3.05, 3.63) is 41.4 Å². The van der Waals surface area contributed by atoms with Gasteiger partial charge in [0.25, 0.3) is 0 Å². The van der Waals surface area contributed by atoms with Crippen molar-refractivity contribution < 1.29 is 4.42 Å². The molecule has 0 bridgehead atoms. The number of furan rings is 1. The Morgan fingerprint density at radius 3 is 2.76 bits per heavy atom. The largest absolute Gasteiger partial charge is 0.463 e. The number of hydrogen-bond donors (Lipinski definition) is 0. The van der Waals surface area contributed by atoms with Gasteiger partial charge in [-0.1, -0.05) is 0 Å². The fourth-order valence-corrected chi connectivity index (χ4v) is 2.13. The van der Waals surface area contributed by atoms with Crippen LogP contribution in [0.3, 0.4) is 0 Å². The summed E-state index contributed by atoms with van der Waals surface area (Å²) in [5.74, 6) is 0.799. The average molecular weight is 227 g/mol. The Hall–Kier alpha value is -2.10. The van der Waals surface area contributed by atoms with Gasteiger partial charge in [-0.15, -0.1) is 0 Å². The summed E-state index contributed by atoms with van der Waals surface area (Å²) in [6.07, 6.45) is 1.66. The first-order valence-corrected chi connectivity index (χ1v) is 5.54. The van der Waals surface area contributed by atoms with Gasteiger partial charge in [0.1, 0.15) is 5.69 Å². The number of imidazole rings is 1. The first-order chi connectivity index (χ1) is 8.16. The van der Waals surface area contributed by atoms with Crippen molar-refractivity contribution in [3.8, 4) is 11.5 Å². The summed E-state index contributed by atoms with van der Waals surface area (Å²) >= 11 is 0. The van der Waals surface area contributed by atoms with Crippen molar-refractivity contribution in [1.82, 2.24) is 14.6 Å². The number of aryl methyl sites for hydroxylation is 3. The molecule has 4 nitrogen and oxygen atoms in total. The number of hydrogen-bond acceptors (Lipinski definition) is 3. The van der Waals surface area contributed by atoms with Crippen LogP contribution in [0.1, 0.15) is 17.0 Å². The van der Waals surface area contributed by atoms with Crippen LogP contribution in [0.15, 0.2) is 28.9 Å². The number of nitrogens with zero attached hydrogens (tertiary/aromatic N) is 3. The topological polar surface area (TPSA) is 43.3 Å². The Balaban J connectivity index is 2.42. The Bertz CT molecular complexity index is 680. The van der Waals surface area contributed by atoms with Gasteiger partial charge >= 0.3 is 0 Å². The molecule has 17 heavy (non-hydrogen) atoms. The van der Waals surface area contributed by atoms with E-state index in [1.165, 1.54) is 0 Å². The van der Waals surface area contributed by atoms with Gasteiger partial charge in [-0.05, 0) is 44.5 Å². The number of fused-ring (bicyclic) bond motifs is 1. The predicted octanol–water partition coefficient (Wildman–Crippen LogP) is 2.91. The standard InChI is InChI=1S/C13H13N3O/c1-8-7-9(2)15-16-12(10(3)14-13(8)16)11-5-4-6-17-11/h4-7H,1-3H3. The van der Waals surface area contributed by atoms with Crippen LogP contribution in [0.4, 0.5) is 0 Å². The van der Waals surface area contributed by atoms with Crippen molar-refractivity contribution in [1.29, 1.82) is 0 Å². The van der Waals surface area contributed by atoms with Gasteiger partial charge in [0.05, 0.1) is 17.7 Å². The van der Waals surface area contributed by atoms with E-state index in [-0.39, 0.29) is 0 Å². The summed E-state index contributed by atoms with van der Waals surface area (Å²) in [6, 6.07) is 5.83. The van der Waals surface area contributed by atoms with Crippen LogP contribution in [-0.2, 0) is 0 Å². The van der Waals surface area contributed by atoms with Crippen molar-refractivity contribution in [2.45, 2.75) is 20.8 Å². The molecule has 0 amide bonds. The smallest absolute Gasteiger partial charge is 0.157 e. The van der Waals surface area contributed by atoms with E-state index in [1.54, 1.807) is 6.26 Å². The number of rotatable bonds is 1. The van der Waals surface area contributed by atoms with Crippen LogP contribution in [-0.4, -0.2) is 14.6 Å². The van der Waals surface area contributed by atoms with E-state index in [9.17, 15) is 0 Å². The first-order valence-electron chi connectivity index (χ1n) is 5.54. The summed E-state index contributed by atoms with van der Waals surface area (Å²) in [5, 5.41) is 4.51. The molecule has 0 N–H and O–H groups in total. The molecule has 3 aromatic heterocycles. The highest BCUT2D eigenvalue weighted by Gasteiger charge is 2.15. The Labute approximate surface area is 98.9 Å². The third-order valence-corrected chi connectivity index (χ3v) is 2.82. The molecular weight excluding hydrogens is 214 g/mol. The maximum Gasteiger partial charge on any atom is 0.157 e. The summed E-state index contributed by atoms with van der Waals surface area (Å²) in [7, 11) is 0. The van der Waals surface area contributed by atoms with E-state index in [0.29, 0.717) is 0 Å². The van der Waals surface area contributed by atoms with Crippen LogP contribution >= 0.6 is 0 Å². The van der Waals surface area contributed by atoms with Crippen molar-refractivity contribution in [2.24, 2.45) is 0 Å². The molecule has 4 heteroatoms. The zero-order valence-corrected chi connectivity index (χ0v) is 10.1. The van der Waals surface area contributed by atoms with Gasteiger partial charge in [-0.2, -0.15) is 5.10 Å². The second-order valence-corrected chi connectivity index (χ2v) is 4.23. The van der Waals surface area contributed by atoms with Crippen LogP contribution in [0.2, 0.25) is 0 Å². The lowest BCUT2D eigenvalue weighted by Crippen LogP contribution is -1.98. The van der Waals surface area contributed by atoms with Crippen LogP contribution in [0.5, 0.6) is 0 Å². The lowest BCUT2D eigenvalue weighted by molar-refractivity contribution is 0.577.